The zero-order valence-electron chi connectivity index (χ0n) is 7.79. The lowest BCUT2D eigenvalue weighted by molar-refractivity contribution is 0.597. The van der Waals surface area contributed by atoms with Crippen molar-refractivity contribution in [3.8, 4) is 0 Å². The highest BCUT2D eigenvalue weighted by Gasteiger charge is 2.13. The summed E-state index contributed by atoms with van der Waals surface area (Å²) in [5, 5.41) is 1.44. The summed E-state index contributed by atoms with van der Waals surface area (Å²) in [6.07, 6.45) is 1.48. The minimum absolute atomic E-state index is 0.212. The molecule has 0 aliphatic carbocycles. The van der Waals surface area contributed by atoms with Crippen molar-refractivity contribution in [1.82, 2.24) is 9.97 Å². The van der Waals surface area contributed by atoms with Crippen molar-refractivity contribution in [2.45, 2.75) is 5.16 Å². The van der Waals surface area contributed by atoms with E-state index in [9.17, 15) is 8.42 Å². The van der Waals surface area contributed by atoms with Crippen LogP contribution in [-0.2, 0) is 9.84 Å². The first-order valence-electron chi connectivity index (χ1n) is 4.23. The second-order valence-electron chi connectivity index (χ2n) is 2.92. The summed E-state index contributed by atoms with van der Waals surface area (Å²) in [5.41, 5.74) is 0.605. The molecule has 1 heterocycles. The first kappa shape index (κ1) is 9.79. The van der Waals surface area contributed by atoms with E-state index in [-0.39, 0.29) is 5.16 Å². The lowest BCUT2D eigenvalue weighted by Gasteiger charge is -1.99. The van der Waals surface area contributed by atoms with Crippen LogP contribution in [0.5, 0.6) is 0 Å². The normalized spacial score (nSPS) is 11.5. The highest BCUT2D eigenvalue weighted by Crippen LogP contribution is 2.13. The van der Waals surface area contributed by atoms with Crippen molar-refractivity contribution in [2.24, 2.45) is 0 Å². The number of sulfone groups is 1. The van der Waals surface area contributed by atoms with Crippen LogP contribution in [0.15, 0.2) is 47.6 Å². The molecular formula is C10H8N2O2S. The minimum atomic E-state index is -3.55. The lowest BCUT2D eigenvalue weighted by Crippen LogP contribution is -2.02. The molecule has 5 heteroatoms. The molecule has 0 radical (unpaired) electrons. The molecule has 1 aromatic carbocycles. The van der Waals surface area contributed by atoms with E-state index < -0.39 is 9.84 Å². The average Bonchev–Trinajstić information content (AvgIpc) is 2.28. The monoisotopic (exact) mass is 220 g/mol. The van der Waals surface area contributed by atoms with Gasteiger partial charge in [0.2, 0.25) is 9.84 Å². The highest BCUT2D eigenvalue weighted by molar-refractivity contribution is 7.94. The van der Waals surface area contributed by atoms with Gasteiger partial charge < -0.3 is 0 Å². The molecule has 0 fully saturated rings. The van der Waals surface area contributed by atoms with Crippen LogP contribution in [0.2, 0.25) is 0 Å². The highest BCUT2D eigenvalue weighted by atomic mass is 32.2. The van der Waals surface area contributed by atoms with Gasteiger partial charge in [-0.25, -0.2) is 18.4 Å². The quantitative estimate of drug-likeness (QED) is 0.720. The van der Waals surface area contributed by atoms with E-state index in [0.29, 0.717) is 5.52 Å². The van der Waals surface area contributed by atoms with Gasteiger partial charge in [-0.05, 0) is 6.07 Å². The molecule has 0 N–H and O–H groups in total. The molecule has 76 valence electrons. The maximum Gasteiger partial charge on any atom is 0.251 e. The third kappa shape index (κ3) is 1.73. The predicted octanol–water partition coefficient (Wildman–Crippen LogP) is 1.55. The predicted molar refractivity (Wildman–Crippen MR) is 56.9 cm³/mol. The van der Waals surface area contributed by atoms with Crippen molar-refractivity contribution in [1.29, 1.82) is 0 Å². The Morgan fingerprint density at radius 1 is 1.27 bits per heavy atom. The molecule has 0 bridgehead atoms. The fourth-order valence-electron chi connectivity index (χ4n) is 1.17. The molecule has 0 aliphatic rings. The zero-order valence-corrected chi connectivity index (χ0v) is 8.61. The molecule has 0 atom stereocenters. The van der Waals surface area contributed by atoms with Crippen LogP contribution in [0.25, 0.3) is 10.9 Å². The van der Waals surface area contributed by atoms with Crippen LogP contribution < -0.4 is 0 Å². The Balaban J connectivity index is 2.72. The molecule has 2 aromatic rings. The van der Waals surface area contributed by atoms with E-state index in [1.807, 2.05) is 12.1 Å². The van der Waals surface area contributed by atoms with Crippen LogP contribution in [0, 0.1) is 0 Å². The topological polar surface area (TPSA) is 59.9 Å². The van der Waals surface area contributed by atoms with Gasteiger partial charge in [-0.3, -0.25) is 0 Å². The first-order chi connectivity index (χ1) is 7.13. The van der Waals surface area contributed by atoms with Gasteiger partial charge in [0.25, 0.3) is 5.16 Å². The smallest absolute Gasteiger partial charge is 0.226 e. The summed E-state index contributed by atoms with van der Waals surface area (Å²) < 4.78 is 22.8. The van der Waals surface area contributed by atoms with Crippen LogP contribution in [0.3, 0.4) is 0 Å². The molecule has 0 aliphatic heterocycles. The van der Waals surface area contributed by atoms with Crippen molar-refractivity contribution < 1.29 is 8.42 Å². The third-order valence-electron chi connectivity index (χ3n) is 1.94. The van der Waals surface area contributed by atoms with E-state index in [4.69, 9.17) is 0 Å². The van der Waals surface area contributed by atoms with Crippen molar-refractivity contribution in [3.05, 3.63) is 42.4 Å². The largest absolute Gasteiger partial charge is 0.251 e. The average molecular weight is 220 g/mol. The zero-order chi connectivity index (χ0) is 10.9. The van der Waals surface area contributed by atoms with Crippen molar-refractivity contribution >= 4 is 20.7 Å². The van der Waals surface area contributed by atoms with Gasteiger partial charge in [0.1, 0.15) is 0 Å². The minimum Gasteiger partial charge on any atom is -0.226 e. The molecule has 2 rings (SSSR count). The Hall–Kier alpha value is -1.75. The summed E-state index contributed by atoms with van der Waals surface area (Å²) in [6.45, 7) is 3.22. The number of aromatic nitrogens is 2. The molecule has 0 saturated carbocycles. The van der Waals surface area contributed by atoms with Crippen LogP contribution in [0.1, 0.15) is 0 Å². The lowest BCUT2D eigenvalue weighted by atomic mass is 10.2. The van der Waals surface area contributed by atoms with E-state index in [0.717, 1.165) is 10.8 Å². The van der Waals surface area contributed by atoms with Gasteiger partial charge in [0, 0.05) is 17.0 Å². The van der Waals surface area contributed by atoms with E-state index >= 15 is 0 Å². The summed E-state index contributed by atoms with van der Waals surface area (Å²) in [6, 6.07) is 7.19. The molecule has 0 amide bonds. The number of para-hydroxylation sites is 1. The SMILES string of the molecule is C=CS(=O)(=O)c1ncc2ccccc2n1. The number of hydrogen-bond acceptors (Lipinski definition) is 4. The maximum atomic E-state index is 11.4. The first-order valence-corrected chi connectivity index (χ1v) is 5.77. The number of fused-ring (bicyclic) bond motifs is 1. The van der Waals surface area contributed by atoms with Gasteiger partial charge >= 0.3 is 0 Å². The van der Waals surface area contributed by atoms with Gasteiger partial charge in [-0.15, -0.1) is 0 Å². The maximum absolute atomic E-state index is 11.4. The number of nitrogens with zero attached hydrogens (tertiary/aromatic N) is 2. The summed E-state index contributed by atoms with van der Waals surface area (Å²) in [7, 11) is -3.55. The summed E-state index contributed by atoms with van der Waals surface area (Å²) >= 11 is 0. The molecule has 0 unspecified atom stereocenters. The second kappa shape index (κ2) is 3.43. The van der Waals surface area contributed by atoms with Crippen LogP contribution in [-0.4, -0.2) is 18.4 Å². The molecular weight excluding hydrogens is 212 g/mol. The number of benzene rings is 1. The van der Waals surface area contributed by atoms with E-state index in [2.05, 4.69) is 16.5 Å². The van der Waals surface area contributed by atoms with Gasteiger partial charge in [0.15, 0.2) is 0 Å². The molecule has 1 aromatic heterocycles. The Kier molecular flexibility index (Phi) is 2.24. The standard InChI is InChI=1S/C10H8N2O2S/c1-2-15(13,14)10-11-7-8-5-3-4-6-9(8)12-10/h2-7H,1H2. The van der Waals surface area contributed by atoms with Crippen molar-refractivity contribution in [3.63, 3.8) is 0 Å². The summed E-state index contributed by atoms with van der Waals surface area (Å²) in [4.78, 5) is 7.73. The Morgan fingerprint density at radius 2 is 2.00 bits per heavy atom. The summed E-state index contributed by atoms with van der Waals surface area (Å²) in [5.74, 6) is 0. The molecule has 4 nitrogen and oxygen atoms in total. The van der Waals surface area contributed by atoms with Gasteiger partial charge in [0.05, 0.1) is 5.52 Å². The van der Waals surface area contributed by atoms with Gasteiger partial charge in [-0.2, -0.15) is 0 Å². The van der Waals surface area contributed by atoms with E-state index in [1.165, 1.54) is 6.20 Å². The fraction of sp³-hybridized carbons (Fsp3) is 0. The van der Waals surface area contributed by atoms with Gasteiger partial charge in [-0.1, -0.05) is 24.8 Å². The number of rotatable bonds is 2. The Morgan fingerprint density at radius 3 is 2.73 bits per heavy atom. The second-order valence-corrected chi connectivity index (χ2v) is 4.71. The Labute approximate surface area is 87.2 Å². The van der Waals surface area contributed by atoms with Crippen LogP contribution >= 0.6 is 0 Å². The molecule has 15 heavy (non-hydrogen) atoms. The van der Waals surface area contributed by atoms with E-state index in [1.54, 1.807) is 12.1 Å². The fourth-order valence-corrected chi connectivity index (χ4v) is 1.74. The third-order valence-corrected chi connectivity index (χ3v) is 3.09. The van der Waals surface area contributed by atoms with Crippen LogP contribution in [0.4, 0.5) is 0 Å². The number of hydrogen-bond donors (Lipinski definition) is 0. The molecule has 0 saturated heterocycles. The van der Waals surface area contributed by atoms with Crippen molar-refractivity contribution in [2.75, 3.05) is 0 Å². The molecule has 0 spiro atoms. The Bertz CT molecular complexity index is 620.